The third-order valence-corrected chi connectivity index (χ3v) is 4.43. The molecule has 0 unspecified atom stereocenters. The van der Waals surface area contributed by atoms with Gasteiger partial charge in [0.2, 0.25) is 0 Å². The first-order chi connectivity index (χ1) is 16.8. The van der Waals surface area contributed by atoms with Gasteiger partial charge < -0.3 is 14.8 Å². The number of nitro benzene ring substituents is 1. The van der Waals surface area contributed by atoms with Crippen LogP contribution in [0.15, 0.2) is 36.4 Å². The number of nitro groups is 1. The highest BCUT2D eigenvalue weighted by molar-refractivity contribution is 6.11. The maximum atomic E-state index is 15.7. The lowest BCUT2D eigenvalue weighted by atomic mass is 10.1. The molecule has 0 heterocycles. The SMILES string of the molecule is CC(C)(C)OC(=O)N(C(=O)OC(C)(C)C)c1c([N+](=O)[O-])ccc(NCc2ccc(C(F)(F)F)cc2)c1F. The van der Waals surface area contributed by atoms with Crippen molar-refractivity contribution in [1.82, 2.24) is 0 Å². The van der Waals surface area contributed by atoms with Gasteiger partial charge in [0.1, 0.15) is 11.2 Å². The zero-order chi connectivity index (χ0) is 28.3. The largest absolute Gasteiger partial charge is 0.443 e. The van der Waals surface area contributed by atoms with Crippen molar-refractivity contribution in [2.75, 3.05) is 10.2 Å². The molecule has 0 aliphatic rings. The molecule has 2 aromatic rings. The Balaban J connectivity index is 2.53. The maximum Gasteiger partial charge on any atom is 0.424 e. The molecular weight excluding hydrogens is 502 g/mol. The molecule has 0 atom stereocenters. The van der Waals surface area contributed by atoms with Gasteiger partial charge in [0.25, 0.3) is 5.69 Å². The van der Waals surface area contributed by atoms with E-state index in [2.05, 4.69) is 5.32 Å². The summed E-state index contributed by atoms with van der Waals surface area (Å²) in [6, 6.07) is 5.92. The molecule has 37 heavy (non-hydrogen) atoms. The molecule has 0 aliphatic carbocycles. The summed E-state index contributed by atoms with van der Waals surface area (Å²) in [6.45, 7) is 8.69. The summed E-state index contributed by atoms with van der Waals surface area (Å²) in [4.78, 5) is 36.6. The lowest BCUT2D eigenvalue weighted by molar-refractivity contribution is -0.384. The zero-order valence-electron chi connectivity index (χ0n) is 21.0. The number of carbonyl (C=O) groups excluding carboxylic acids is 2. The number of hydrogen-bond acceptors (Lipinski definition) is 7. The molecule has 2 aromatic carbocycles. The normalized spacial score (nSPS) is 12.1. The molecule has 202 valence electrons. The highest BCUT2D eigenvalue weighted by Crippen LogP contribution is 2.37. The highest BCUT2D eigenvalue weighted by Gasteiger charge is 2.39. The minimum Gasteiger partial charge on any atom is -0.443 e. The first-order valence-corrected chi connectivity index (χ1v) is 10.9. The van der Waals surface area contributed by atoms with Crippen molar-refractivity contribution in [3.05, 3.63) is 63.5 Å². The fourth-order valence-corrected chi connectivity index (χ4v) is 2.93. The van der Waals surface area contributed by atoms with Gasteiger partial charge in [-0.25, -0.2) is 14.0 Å². The van der Waals surface area contributed by atoms with Gasteiger partial charge in [0.05, 0.1) is 16.2 Å². The first-order valence-electron chi connectivity index (χ1n) is 10.9. The first kappa shape index (κ1) is 29.3. The van der Waals surface area contributed by atoms with Crippen molar-refractivity contribution in [3.63, 3.8) is 0 Å². The van der Waals surface area contributed by atoms with E-state index in [4.69, 9.17) is 9.47 Å². The van der Waals surface area contributed by atoms with Crippen LogP contribution in [0.2, 0.25) is 0 Å². The predicted molar refractivity (Wildman–Crippen MR) is 127 cm³/mol. The van der Waals surface area contributed by atoms with Crippen LogP contribution in [-0.2, 0) is 22.2 Å². The number of alkyl halides is 3. The summed E-state index contributed by atoms with van der Waals surface area (Å²) in [5.41, 5.74) is -5.14. The molecule has 0 aromatic heterocycles. The summed E-state index contributed by atoms with van der Waals surface area (Å²) in [6.07, 6.45) is -7.36. The number of ether oxygens (including phenoxy) is 2. The maximum absolute atomic E-state index is 15.7. The van der Waals surface area contributed by atoms with Crippen LogP contribution >= 0.6 is 0 Å². The zero-order valence-corrected chi connectivity index (χ0v) is 21.0. The van der Waals surface area contributed by atoms with E-state index in [1.807, 2.05) is 0 Å². The van der Waals surface area contributed by atoms with E-state index >= 15 is 4.39 Å². The summed E-state index contributed by atoms with van der Waals surface area (Å²) in [5, 5.41) is 14.3. The number of benzene rings is 2. The molecule has 2 rings (SSSR count). The molecule has 9 nitrogen and oxygen atoms in total. The standard InChI is InChI=1S/C24H27F4N3O6/c1-22(2,3)36-20(32)30(21(33)37-23(4,5)6)19-17(31(34)35)12-11-16(18(19)25)29-13-14-7-9-15(10-8-14)24(26,27)28/h7-12,29H,13H2,1-6H3. The van der Waals surface area contributed by atoms with Crippen LogP contribution in [0.4, 0.5) is 44.2 Å². The Labute approximate surface area is 210 Å². The van der Waals surface area contributed by atoms with E-state index < -0.39 is 57.2 Å². The van der Waals surface area contributed by atoms with Gasteiger partial charge in [-0.05, 0) is 65.3 Å². The van der Waals surface area contributed by atoms with Gasteiger partial charge in [-0.1, -0.05) is 12.1 Å². The number of amides is 2. The monoisotopic (exact) mass is 529 g/mol. The topological polar surface area (TPSA) is 111 Å². The number of nitrogens with zero attached hydrogens (tertiary/aromatic N) is 2. The van der Waals surface area contributed by atoms with Gasteiger partial charge >= 0.3 is 18.4 Å². The fourth-order valence-electron chi connectivity index (χ4n) is 2.93. The van der Waals surface area contributed by atoms with Gasteiger partial charge in [-0.15, -0.1) is 0 Å². The molecule has 0 radical (unpaired) electrons. The Hall–Kier alpha value is -3.90. The van der Waals surface area contributed by atoms with Crippen molar-refractivity contribution >= 4 is 29.2 Å². The van der Waals surface area contributed by atoms with Crippen molar-refractivity contribution in [3.8, 4) is 0 Å². The van der Waals surface area contributed by atoms with Gasteiger partial charge in [0.15, 0.2) is 11.5 Å². The van der Waals surface area contributed by atoms with Crippen LogP contribution < -0.4 is 10.2 Å². The summed E-state index contributed by atoms with van der Waals surface area (Å²) in [7, 11) is 0. The number of rotatable bonds is 5. The molecular formula is C24H27F4N3O6. The van der Waals surface area contributed by atoms with Crippen LogP contribution in [0.5, 0.6) is 0 Å². The number of anilines is 2. The van der Waals surface area contributed by atoms with E-state index in [-0.39, 0.29) is 17.1 Å². The van der Waals surface area contributed by atoms with Crippen LogP contribution in [0.3, 0.4) is 0 Å². The predicted octanol–water partition coefficient (Wildman–Crippen LogP) is 7.04. The van der Waals surface area contributed by atoms with Crippen molar-refractivity contribution < 1.29 is 41.5 Å². The Morgan fingerprint density at radius 1 is 0.919 bits per heavy atom. The molecule has 1 N–H and O–H groups in total. The molecule has 2 amide bonds. The van der Waals surface area contributed by atoms with Crippen molar-refractivity contribution in [2.24, 2.45) is 0 Å². The van der Waals surface area contributed by atoms with Crippen molar-refractivity contribution in [2.45, 2.75) is 65.5 Å². The Morgan fingerprint density at radius 2 is 1.41 bits per heavy atom. The van der Waals surface area contributed by atoms with Gasteiger partial charge in [-0.3, -0.25) is 10.1 Å². The number of carbonyl (C=O) groups is 2. The Bertz CT molecular complexity index is 1140. The average Bonchev–Trinajstić information content (AvgIpc) is 2.71. The smallest absolute Gasteiger partial charge is 0.424 e. The number of imide groups is 1. The Kier molecular flexibility index (Phi) is 8.41. The second kappa shape index (κ2) is 10.6. The third kappa shape index (κ3) is 8.05. The van der Waals surface area contributed by atoms with Crippen LogP contribution in [0.1, 0.15) is 52.7 Å². The number of hydrogen-bond donors (Lipinski definition) is 1. The van der Waals surface area contributed by atoms with E-state index in [0.29, 0.717) is 5.56 Å². The van der Waals surface area contributed by atoms with Crippen LogP contribution in [0.25, 0.3) is 0 Å². The third-order valence-electron chi connectivity index (χ3n) is 4.43. The number of halogens is 4. The molecule has 0 bridgehead atoms. The summed E-state index contributed by atoms with van der Waals surface area (Å²) < 4.78 is 64.4. The lowest BCUT2D eigenvalue weighted by Gasteiger charge is -2.28. The molecule has 0 aliphatic heterocycles. The second-order valence-electron chi connectivity index (χ2n) is 9.90. The molecule has 13 heteroatoms. The summed E-state index contributed by atoms with van der Waals surface area (Å²) >= 11 is 0. The fraction of sp³-hybridized carbons (Fsp3) is 0.417. The number of nitrogens with one attached hydrogen (secondary N) is 1. The average molecular weight is 529 g/mol. The quantitative estimate of drug-likeness (QED) is 0.251. The van der Waals surface area contributed by atoms with E-state index in [0.717, 1.165) is 24.3 Å². The minimum absolute atomic E-state index is 0.104. The highest BCUT2D eigenvalue weighted by atomic mass is 19.4. The molecule has 0 fully saturated rings. The van der Waals surface area contributed by atoms with E-state index in [1.165, 1.54) is 53.7 Å². The molecule has 0 spiro atoms. The Morgan fingerprint density at radius 3 is 1.81 bits per heavy atom. The van der Waals surface area contributed by atoms with Gasteiger partial charge in [0, 0.05) is 12.6 Å². The lowest BCUT2D eigenvalue weighted by Crippen LogP contribution is -2.44. The summed E-state index contributed by atoms with van der Waals surface area (Å²) in [5.74, 6) is -1.35. The molecule has 0 saturated heterocycles. The van der Waals surface area contributed by atoms with E-state index in [9.17, 15) is 32.9 Å². The molecule has 0 saturated carbocycles. The van der Waals surface area contributed by atoms with Crippen LogP contribution in [0, 0.1) is 15.9 Å². The van der Waals surface area contributed by atoms with E-state index in [1.54, 1.807) is 0 Å². The van der Waals surface area contributed by atoms with Crippen molar-refractivity contribution in [1.29, 1.82) is 0 Å². The van der Waals surface area contributed by atoms with Gasteiger partial charge in [-0.2, -0.15) is 18.1 Å². The van der Waals surface area contributed by atoms with Crippen LogP contribution in [-0.4, -0.2) is 28.3 Å². The second-order valence-corrected chi connectivity index (χ2v) is 9.90. The minimum atomic E-state index is -4.53.